The molecule has 6 N–H and O–H groups in total. The van der Waals surface area contributed by atoms with Crippen LogP contribution in [0.25, 0.3) is 22.0 Å². The maximum atomic E-state index is 13.2. The summed E-state index contributed by atoms with van der Waals surface area (Å²) >= 11 is 1.44. The van der Waals surface area contributed by atoms with Crippen molar-refractivity contribution in [1.82, 2.24) is 24.9 Å². The molecule has 0 unspecified atom stereocenters. The maximum absolute atomic E-state index is 13.2. The number of rotatable bonds is 11. The Morgan fingerprint density at radius 2 is 2.03 bits per heavy atom. The van der Waals surface area contributed by atoms with Gasteiger partial charge in [-0.3, -0.25) is 9.89 Å². The minimum atomic E-state index is -4.16. The van der Waals surface area contributed by atoms with Gasteiger partial charge in [-0.05, 0) is 60.7 Å². The molecule has 2 aromatic heterocycles. The van der Waals surface area contributed by atoms with Crippen molar-refractivity contribution >= 4 is 56.2 Å². The Labute approximate surface area is 223 Å². The Morgan fingerprint density at radius 3 is 2.74 bits per heavy atom. The van der Waals surface area contributed by atoms with Gasteiger partial charge in [-0.2, -0.15) is 26.6 Å². The molecule has 0 radical (unpaired) electrons. The van der Waals surface area contributed by atoms with E-state index in [-0.39, 0.29) is 17.3 Å². The number of nitrogen functional groups attached to an aromatic ring is 1. The monoisotopic (exact) mass is 557 g/mol. The van der Waals surface area contributed by atoms with Crippen LogP contribution in [0.4, 0.5) is 17.6 Å². The van der Waals surface area contributed by atoms with Gasteiger partial charge in [0.15, 0.2) is 5.82 Å². The van der Waals surface area contributed by atoms with Gasteiger partial charge in [0.2, 0.25) is 16.0 Å². The largest absolute Gasteiger partial charge is 0.497 e. The number of aromatic amines is 1. The number of methoxy groups -OCH3 is 1. The molecule has 12 nitrogen and oxygen atoms in total. The van der Waals surface area contributed by atoms with E-state index >= 15 is 0 Å². The van der Waals surface area contributed by atoms with Crippen LogP contribution in [0.1, 0.15) is 12.0 Å². The third-order valence-electron chi connectivity index (χ3n) is 5.81. The Bertz CT molecular complexity index is 1590. The van der Waals surface area contributed by atoms with Crippen LogP contribution in [0, 0.1) is 6.92 Å². The summed E-state index contributed by atoms with van der Waals surface area (Å²) in [4.78, 5) is 20.0. The first kappa shape index (κ1) is 27.2. The van der Waals surface area contributed by atoms with Crippen LogP contribution in [0.2, 0.25) is 0 Å². The fraction of sp³-hybridized carbons (Fsp3) is 0.250. The van der Waals surface area contributed by atoms with Crippen LogP contribution >= 0.6 is 11.8 Å². The highest BCUT2D eigenvalue weighted by Crippen LogP contribution is 2.33. The number of aromatic nitrogens is 4. The molecule has 2 aromatic carbocycles. The van der Waals surface area contributed by atoms with E-state index < -0.39 is 22.0 Å². The van der Waals surface area contributed by atoms with Crippen molar-refractivity contribution in [3.05, 3.63) is 48.2 Å². The summed E-state index contributed by atoms with van der Waals surface area (Å²) in [6.07, 6.45) is 3.45. The minimum Gasteiger partial charge on any atom is -0.497 e. The van der Waals surface area contributed by atoms with Crippen LogP contribution in [0.5, 0.6) is 5.75 Å². The van der Waals surface area contributed by atoms with Crippen LogP contribution in [-0.2, 0) is 14.8 Å². The van der Waals surface area contributed by atoms with Crippen molar-refractivity contribution in [3.63, 3.8) is 0 Å². The number of anilines is 3. The number of thioether (sulfide) groups is 1. The van der Waals surface area contributed by atoms with Crippen LogP contribution < -0.4 is 20.5 Å². The number of carboxylic acids is 1. The van der Waals surface area contributed by atoms with E-state index in [1.54, 1.807) is 32.2 Å². The highest BCUT2D eigenvalue weighted by atomic mass is 32.2. The number of fused-ring (bicyclic) bond motifs is 1. The van der Waals surface area contributed by atoms with Gasteiger partial charge in [0.1, 0.15) is 17.6 Å². The molecule has 0 saturated carbocycles. The lowest BCUT2D eigenvalue weighted by atomic mass is 10.1. The first-order valence-electron chi connectivity index (χ1n) is 11.4. The number of nitrogens with two attached hydrogens (primary N) is 1. The fourth-order valence-electron chi connectivity index (χ4n) is 3.81. The normalized spacial score (nSPS) is 12.4. The van der Waals surface area contributed by atoms with Crippen molar-refractivity contribution in [1.29, 1.82) is 0 Å². The van der Waals surface area contributed by atoms with Gasteiger partial charge >= 0.3 is 5.97 Å². The standard InChI is InChI=1S/C24H27N7O5S2/c1-13-4-5-14(10-20(13)38(34,35)31-19(23(32)33)8-9-37-3)17-12-26-24(25)28-21(17)27-22-16-11-15(36-2)6-7-18(16)29-30-22/h4-7,10-12,19,31H,8-9H2,1-3H3,(H,32,33)(H4,25,26,27,28,29,30)/t19-/m0/s1. The second-order valence-corrected chi connectivity index (χ2v) is 11.0. The quantitative estimate of drug-likeness (QED) is 0.182. The number of sulfonamides is 1. The first-order chi connectivity index (χ1) is 18.1. The molecular formula is C24H27N7O5S2. The second kappa shape index (κ2) is 11.2. The van der Waals surface area contributed by atoms with Gasteiger partial charge < -0.3 is 20.9 Å². The van der Waals surface area contributed by atoms with Crippen molar-refractivity contribution in [2.45, 2.75) is 24.3 Å². The van der Waals surface area contributed by atoms with Gasteiger partial charge in [-0.15, -0.1) is 0 Å². The molecule has 1 atom stereocenters. The van der Waals surface area contributed by atoms with Crippen LogP contribution in [-0.4, -0.2) is 64.8 Å². The molecule has 0 aliphatic rings. The average molecular weight is 558 g/mol. The van der Waals surface area contributed by atoms with Gasteiger partial charge in [-0.25, -0.2) is 13.4 Å². The fourth-order valence-corrected chi connectivity index (χ4v) is 5.77. The molecule has 0 fully saturated rings. The zero-order valence-electron chi connectivity index (χ0n) is 20.8. The molecule has 4 rings (SSSR count). The van der Waals surface area contributed by atoms with Crippen molar-refractivity contribution in [3.8, 4) is 16.9 Å². The Balaban J connectivity index is 1.73. The Morgan fingerprint density at radius 1 is 1.24 bits per heavy atom. The van der Waals surface area contributed by atoms with Crippen molar-refractivity contribution in [2.24, 2.45) is 0 Å². The Hall–Kier alpha value is -3.88. The number of carboxylic acid groups (broad SMARTS) is 1. The number of aryl methyl sites for hydroxylation is 1. The van der Waals surface area contributed by atoms with E-state index in [9.17, 15) is 18.3 Å². The number of H-pyrrole nitrogens is 1. The van der Waals surface area contributed by atoms with E-state index in [2.05, 4.69) is 30.2 Å². The highest BCUT2D eigenvalue weighted by molar-refractivity contribution is 7.98. The summed E-state index contributed by atoms with van der Waals surface area (Å²) in [5.74, 6) is 0.660. The molecule has 200 valence electrons. The summed E-state index contributed by atoms with van der Waals surface area (Å²) in [6.45, 7) is 1.64. The average Bonchev–Trinajstić information content (AvgIpc) is 3.28. The molecule has 0 amide bonds. The predicted octanol–water partition coefficient (Wildman–Crippen LogP) is 3.15. The third-order valence-corrected chi connectivity index (χ3v) is 8.07. The summed E-state index contributed by atoms with van der Waals surface area (Å²) in [5.41, 5.74) is 8.02. The predicted molar refractivity (Wildman–Crippen MR) is 147 cm³/mol. The molecule has 0 bridgehead atoms. The number of nitrogens with zero attached hydrogens (tertiary/aromatic N) is 3. The number of hydrogen-bond donors (Lipinski definition) is 5. The first-order valence-corrected chi connectivity index (χ1v) is 14.3. The second-order valence-electron chi connectivity index (χ2n) is 8.37. The van der Waals surface area contributed by atoms with Crippen molar-refractivity contribution in [2.75, 3.05) is 30.2 Å². The zero-order chi connectivity index (χ0) is 27.4. The smallest absolute Gasteiger partial charge is 0.321 e. The Kier molecular flexibility index (Phi) is 8.04. The molecule has 38 heavy (non-hydrogen) atoms. The molecule has 0 saturated heterocycles. The molecule has 0 aliphatic carbocycles. The van der Waals surface area contributed by atoms with Gasteiger partial charge in [0.05, 0.1) is 17.5 Å². The lowest BCUT2D eigenvalue weighted by molar-refractivity contribution is -0.139. The molecule has 0 aliphatic heterocycles. The lowest BCUT2D eigenvalue weighted by Crippen LogP contribution is -2.41. The summed E-state index contributed by atoms with van der Waals surface area (Å²) in [6, 6.07) is 9.00. The van der Waals surface area contributed by atoms with Crippen molar-refractivity contribution < 1.29 is 23.1 Å². The number of aliphatic carboxylic acids is 1. The summed E-state index contributed by atoms with van der Waals surface area (Å²) in [5, 5.41) is 20.7. The van der Waals surface area contributed by atoms with E-state index in [1.807, 2.05) is 18.4 Å². The topological polar surface area (TPSA) is 185 Å². The van der Waals surface area contributed by atoms with Crippen LogP contribution in [0.3, 0.4) is 0 Å². The van der Waals surface area contributed by atoms with E-state index in [4.69, 9.17) is 10.5 Å². The SMILES string of the molecule is COc1ccc2[nH]nc(Nc3nc(N)ncc3-c3ccc(C)c(S(=O)(=O)N[C@@H](CCSC)C(=O)O)c3)c2c1. The van der Waals surface area contributed by atoms with E-state index in [1.165, 1.54) is 24.0 Å². The number of carbonyl (C=O) groups is 1. The molecular weight excluding hydrogens is 530 g/mol. The molecule has 14 heteroatoms. The van der Waals surface area contributed by atoms with Gasteiger partial charge in [0, 0.05) is 17.1 Å². The number of nitrogens with one attached hydrogen (secondary N) is 3. The van der Waals surface area contributed by atoms with Gasteiger partial charge in [0.25, 0.3) is 0 Å². The summed E-state index contributed by atoms with van der Waals surface area (Å²) < 4.78 is 34.1. The highest BCUT2D eigenvalue weighted by Gasteiger charge is 2.27. The number of ether oxygens (including phenoxy) is 1. The summed E-state index contributed by atoms with van der Waals surface area (Å²) in [7, 11) is -2.59. The third kappa shape index (κ3) is 5.82. The molecule has 4 aromatic rings. The number of benzene rings is 2. The van der Waals surface area contributed by atoms with E-state index in [0.717, 1.165) is 10.9 Å². The maximum Gasteiger partial charge on any atom is 0.321 e. The molecule has 2 heterocycles. The zero-order valence-corrected chi connectivity index (χ0v) is 22.5. The van der Waals surface area contributed by atoms with E-state index in [0.29, 0.717) is 39.8 Å². The van der Waals surface area contributed by atoms with Gasteiger partial charge in [-0.1, -0.05) is 12.1 Å². The number of hydrogen-bond acceptors (Lipinski definition) is 10. The molecule has 0 spiro atoms. The van der Waals surface area contributed by atoms with Crippen LogP contribution in [0.15, 0.2) is 47.5 Å². The minimum absolute atomic E-state index is 0.00777. The lowest BCUT2D eigenvalue weighted by Gasteiger charge is -2.17.